The first kappa shape index (κ1) is 39.7. The fraction of sp³-hybridized carbons (Fsp3) is 0.467. The molecule has 0 saturated heterocycles. The van der Waals surface area contributed by atoms with Crippen LogP contribution in [-0.4, -0.2) is 70.6 Å². The Bertz CT molecular complexity index is 2250. The molecule has 5 aliphatic rings. The van der Waals surface area contributed by atoms with E-state index < -0.39 is 88.6 Å². The van der Waals surface area contributed by atoms with Gasteiger partial charge in [-0.25, -0.2) is 8.78 Å². The van der Waals surface area contributed by atoms with Crippen LogP contribution in [0.1, 0.15) is 63.0 Å². The number of amides is 1. The smallest absolute Gasteiger partial charge is 0.310 e. The lowest BCUT2D eigenvalue weighted by atomic mass is 9.45. The highest BCUT2D eigenvalue weighted by Gasteiger charge is 2.72. The first-order valence-electron chi connectivity index (χ1n) is 19.9. The zero-order chi connectivity index (χ0) is 41.1. The van der Waals surface area contributed by atoms with Crippen molar-refractivity contribution in [3.63, 3.8) is 0 Å². The standard InChI is InChI=1S/C45H47F2N3O8/c1-43-19-39(53)45(47)35(18-37(46)36-16-29(51)11-13-44(36,45)2)33(43)9-10-34(43)38(52)23-58-42(56)31-17-30(31)41(55)57-22-24-3-5-25(6-4-24)32(20-48)40(54)50-28-8-7-27-21-49-14-12-26(27)15-28/h3-8,11-16,21,30-35,37,39,53H,9-10,17-20,22-23,48H2,1-2H3,(H,50,54)/t30?,31?,32-,33?,34-,35+,37+,39+,43+,44+,45+/m1/s1. The van der Waals surface area contributed by atoms with Crippen LogP contribution in [0.3, 0.4) is 0 Å². The van der Waals surface area contributed by atoms with E-state index >= 15 is 8.78 Å². The van der Waals surface area contributed by atoms with Crippen LogP contribution in [0.15, 0.2) is 84.7 Å². The van der Waals surface area contributed by atoms with Gasteiger partial charge in [0, 0.05) is 47.3 Å². The maximum Gasteiger partial charge on any atom is 0.310 e. The number of anilines is 1. The number of nitrogens with two attached hydrogens (primary N) is 1. The van der Waals surface area contributed by atoms with E-state index in [1.54, 1.807) is 42.7 Å². The second-order valence-electron chi connectivity index (χ2n) is 17.2. The van der Waals surface area contributed by atoms with Crippen molar-refractivity contribution in [3.05, 3.63) is 95.9 Å². The lowest BCUT2D eigenvalue weighted by Gasteiger charge is -2.62. The molecule has 1 amide bonds. The number of ether oxygens (including phenoxy) is 2. The summed E-state index contributed by atoms with van der Waals surface area (Å²) in [4.78, 5) is 68.7. The number of carbonyl (C=O) groups excluding carboxylic acids is 5. The number of hydrogen-bond acceptors (Lipinski definition) is 10. The number of benzene rings is 2. The van der Waals surface area contributed by atoms with Gasteiger partial charge >= 0.3 is 11.9 Å². The average Bonchev–Trinajstić information content (AvgIpc) is 3.94. The normalized spacial score (nSPS) is 33.9. The van der Waals surface area contributed by atoms with E-state index in [0.29, 0.717) is 29.7 Å². The van der Waals surface area contributed by atoms with Crippen LogP contribution in [0.2, 0.25) is 0 Å². The lowest BCUT2D eigenvalue weighted by molar-refractivity contribution is -0.202. The molecule has 4 N–H and O–H groups in total. The van der Waals surface area contributed by atoms with Gasteiger partial charge in [-0.1, -0.05) is 43.3 Å². The van der Waals surface area contributed by atoms with Crippen LogP contribution >= 0.6 is 0 Å². The predicted octanol–water partition coefficient (Wildman–Crippen LogP) is 5.64. The molecule has 5 aliphatic carbocycles. The molecular formula is C45H47F2N3O8. The summed E-state index contributed by atoms with van der Waals surface area (Å²) in [6.45, 7) is 2.87. The van der Waals surface area contributed by atoms with Crippen LogP contribution in [0, 0.1) is 40.4 Å². The summed E-state index contributed by atoms with van der Waals surface area (Å²) in [6, 6.07) is 14.4. The van der Waals surface area contributed by atoms with Gasteiger partial charge in [0.15, 0.2) is 17.2 Å². The molecule has 3 unspecified atom stereocenters. The first-order valence-corrected chi connectivity index (χ1v) is 19.9. The van der Waals surface area contributed by atoms with Gasteiger partial charge in [-0.05, 0) is 103 Å². The number of allylic oxidation sites excluding steroid dienone is 4. The molecule has 3 aromatic rings. The maximum atomic E-state index is 17.3. The summed E-state index contributed by atoms with van der Waals surface area (Å²) in [6.07, 6.45) is 4.93. The molecule has 4 saturated carbocycles. The Morgan fingerprint density at radius 3 is 2.47 bits per heavy atom. The SMILES string of the molecule is C[C@]12C[C@H](O)[C@@]3(F)[C@@H](C[C@H](F)C4=CC(=O)C=C[C@@]43C)C1CC[C@@H]2C(=O)COC(=O)C1CC1C(=O)OCc1ccc([C@@H](CN)C(=O)Nc2ccc3cnccc3c2)cc1. The van der Waals surface area contributed by atoms with Crippen molar-refractivity contribution >= 4 is 45.9 Å². The van der Waals surface area contributed by atoms with Gasteiger partial charge in [0.2, 0.25) is 5.91 Å². The molecule has 4 fully saturated rings. The highest BCUT2D eigenvalue weighted by molar-refractivity contribution is 6.01. The molecule has 11 nitrogen and oxygen atoms in total. The zero-order valence-electron chi connectivity index (χ0n) is 32.4. The summed E-state index contributed by atoms with van der Waals surface area (Å²) in [7, 11) is 0. The summed E-state index contributed by atoms with van der Waals surface area (Å²) in [5.41, 5.74) is 3.46. The molecule has 0 bridgehead atoms. The quantitative estimate of drug-likeness (QED) is 0.206. The number of hydrogen-bond donors (Lipinski definition) is 3. The highest BCUT2D eigenvalue weighted by Crippen LogP contribution is 2.69. The molecule has 1 aromatic heterocycles. The van der Waals surface area contributed by atoms with Gasteiger partial charge in [0.1, 0.15) is 19.4 Å². The van der Waals surface area contributed by atoms with Gasteiger partial charge < -0.3 is 25.6 Å². The maximum absolute atomic E-state index is 17.3. The van der Waals surface area contributed by atoms with Crippen molar-refractivity contribution in [2.24, 2.45) is 46.2 Å². The molecule has 0 spiro atoms. The van der Waals surface area contributed by atoms with Crippen molar-refractivity contribution in [2.75, 3.05) is 18.5 Å². The van der Waals surface area contributed by atoms with Crippen molar-refractivity contribution in [1.29, 1.82) is 0 Å². The summed E-state index contributed by atoms with van der Waals surface area (Å²) in [5.74, 6) is -6.29. The van der Waals surface area contributed by atoms with Gasteiger partial charge in [0.05, 0.1) is 23.9 Å². The van der Waals surface area contributed by atoms with Gasteiger partial charge in [-0.15, -0.1) is 0 Å². The number of fused-ring (bicyclic) bond motifs is 6. The van der Waals surface area contributed by atoms with E-state index in [1.807, 2.05) is 25.1 Å². The zero-order valence-corrected chi connectivity index (χ0v) is 32.4. The minimum atomic E-state index is -2.23. The number of esters is 2. The van der Waals surface area contributed by atoms with Crippen LogP contribution in [0.25, 0.3) is 10.8 Å². The Morgan fingerprint density at radius 1 is 0.983 bits per heavy atom. The van der Waals surface area contributed by atoms with E-state index in [9.17, 15) is 29.1 Å². The number of carbonyl (C=O) groups is 5. The van der Waals surface area contributed by atoms with E-state index in [4.69, 9.17) is 15.2 Å². The number of Topliss-reactive ketones (excluding diaryl/α,β-unsaturated/α-hetero) is 1. The third-order valence-corrected chi connectivity index (χ3v) is 14.0. The molecule has 2 aromatic carbocycles. The molecule has 8 rings (SSSR count). The third kappa shape index (κ3) is 6.65. The van der Waals surface area contributed by atoms with Crippen LogP contribution in [-0.2, 0) is 40.1 Å². The number of nitrogens with zero attached hydrogens (tertiary/aromatic N) is 1. The molecule has 1 heterocycles. The number of halogens is 2. The number of aliphatic hydroxyl groups excluding tert-OH is 1. The third-order valence-electron chi connectivity index (χ3n) is 14.0. The second kappa shape index (κ2) is 14.9. The second-order valence-corrected chi connectivity index (χ2v) is 17.2. The molecular weight excluding hydrogens is 749 g/mol. The predicted molar refractivity (Wildman–Crippen MR) is 208 cm³/mol. The Kier molecular flexibility index (Phi) is 10.2. The average molecular weight is 796 g/mol. The minimum absolute atomic E-state index is 0.0384. The Labute approximate surface area is 334 Å². The van der Waals surface area contributed by atoms with Crippen LogP contribution in [0.4, 0.5) is 14.5 Å². The van der Waals surface area contributed by atoms with Crippen molar-refractivity contribution < 1.29 is 47.3 Å². The fourth-order valence-corrected chi connectivity index (χ4v) is 10.7. The van der Waals surface area contributed by atoms with E-state index in [-0.39, 0.29) is 49.7 Å². The van der Waals surface area contributed by atoms with Crippen LogP contribution in [0.5, 0.6) is 0 Å². The Hall–Kier alpha value is -5.14. The topological polar surface area (TPSA) is 175 Å². The van der Waals surface area contributed by atoms with E-state index in [1.165, 1.54) is 19.1 Å². The molecule has 58 heavy (non-hydrogen) atoms. The Balaban J connectivity index is 0.815. The first-order chi connectivity index (χ1) is 27.7. The summed E-state index contributed by atoms with van der Waals surface area (Å²) >= 11 is 0. The monoisotopic (exact) mass is 795 g/mol. The van der Waals surface area contributed by atoms with E-state index in [0.717, 1.165) is 16.8 Å². The summed E-state index contributed by atoms with van der Waals surface area (Å²) < 4.78 is 43.9. The Morgan fingerprint density at radius 2 is 1.72 bits per heavy atom. The number of pyridine rings is 1. The molecule has 11 atom stereocenters. The molecule has 0 radical (unpaired) electrons. The molecule has 304 valence electrons. The largest absolute Gasteiger partial charge is 0.461 e. The van der Waals surface area contributed by atoms with E-state index in [2.05, 4.69) is 10.3 Å². The number of rotatable bonds is 11. The van der Waals surface area contributed by atoms with Crippen molar-refractivity contribution in [3.8, 4) is 0 Å². The summed E-state index contributed by atoms with van der Waals surface area (Å²) in [5, 5.41) is 16.3. The van der Waals surface area contributed by atoms with Gasteiger partial charge in [-0.2, -0.15) is 0 Å². The van der Waals surface area contributed by atoms with Crippen molar-refractivity contribution in [2.45, 2.75) is 76.4 Å². The molecule has 0 aliphatic heterocycles. The minimum Gasteiger partial charge on any atom is -0.461 e. The number of nitrogens with one attached hydrogen (secondary N) is 1. The number of alkyl halides is 2. The number of aliphatic hydroxyl groups is 1. The fourth-order valence-electron chi connectivity index (χ4n) is 10.7. The number of aromatic nitrogens is 1. The van der Waals surface area contributed by atoms with Gasteiger partial charge in [-0.3, -0.25) is 29.0 Å². The van der Waals surface area contributed by atoms with Crippen molar-refractivity contribution in [1.82, 2.24) is 4.98 Å². The highest BCUT2D eigenvalue weighted by atomic mass is 19.1. The van der Waals surface area contributed by atoms with Crippen LogP contribution < -0.4 is 11.1 Å². The number of ketones is 2. The van der Waals surface area contributed by atoms with Gasteiger partial charge in [0.25, 0.3) is 0 Å². The lowest BCUT2D eigenvalue weighted by Crippen LogP contribution is -2.68. The molecule has 13 heteroatoms.